The van der Waals surface area contributed by atoms with Crippen LogP contribution >= 0.6 is 0 Å². The minimum atomic E-state index is 0.00871. The molecule has 0 spiro atoms. The number of ether oxygens (including phenoxy) is 1. The number of carbonyl (C=O) groups is 1. The lowest BCUT2D eigenvalue weighted by molar-refractivity contribution is 0.0952. The summed E-state index contributed by atoms with van der Waals surface area (Å²) >= 11 is 0. The molecule has 4 rings (SSSR count). The van der Waals surface area contributed by atoms with Crippen LogP contribution in [0.4, 0.5) is 0 Å². The molecule has 5 heteroatoms. The van der Waals surface area contributed by atoms with Crippen LogP contribution in [0.2, 0.25) is 0 Å². The Hall–Kier alpha value is -3.60. The van der Waals surface area contributed by atoms with Crippen LogP contribution in [0.1, 0.15) is 72.8 Å². The van der Waals surface area contributed by atoms with Gasteiger partial charge in [0.15, 0.2) is 0 Å². The van der Waals surface area contributed by atoms with Crippen LogP contribution in [0.25, 0.3) is 11.0 Å². The second kappa shape index (κ2) is 13.1. The van der Waals surface area contributed by atoms with E-state index in [2.05, 4.69) is 66.2 Å². The molecule has 0 bridgehead atoms. The zero-order valence-electron chi connectivity index (χ0n) is 22.4. The summed E-state index contributed by atoms with van der Waals surface area (Å²) < 4.78 is 8.38. The van der Waals surface area contributed by atoms with Gasteiger partial charge in [-0.15, -0.1) is 0 Å². The Morgan fingerprint density at radius 3 is 2.51 bits per heavy atom. The van der Waals surface area contributed by atoms with Crippen molar-refractivity contribution in [1.82, 2.24) is 14.9 Å². The van der Waals surface area contributed by atoms with Crippen molar-refractivity contribution < 1.29 is 9.53 Å². The van der Waals surface area contributed by atoms with Gasteiger partial charge in [-0.25, -0.2) is 4.98 Å². The molecule has 0 radical (unpaired) electrons. The summed E-state index contributed by atoms with van der Waals surface area (Å²) in [6.45, 7) is 8.48. The summed E-state index contributed by atoms with van der Waals surface area (Å²) in [6.07, 6.45) is 5.06. The van der Waals surface area contributed by atoms with E-state index < -0.39 is 0 Å². The molecule has 3 aromatic carbocycles. The quantitative estimate of drug-likeness (QED) is 0.201. The monoisotopic (exact) mass is 497 g/mol. The minimum absolute atomic E-state index is 0.00871. The van der Waals surface area contributed by atoms with Crippen molar-refractivity contribution in [2.75, 3.05) is 13.2 Å². The molecule has 4 aromatic rings. The van der Waals surface area contributed by atoms with Crippen LogP contribution in [0, 0.1) is 6.92 Å². The van der Waals surface area contributed by atoms with Crippen LogP contribution in [0.5, 0.6) is 5.75 Å². The first-order valence-electron chi connectivity index (χ1n) is 13.6. The number of nitrogens with one attached hydrogen (secondary N) is 1. The lowest BCUT2D eigenvalue weighted by Gasteiger charge is -2.13. The number of amides is 1. The standard InChI is InChI=1S/C32H39N3O2/c1-4-24(2)26-17-19-27(20-18-26)37-23-22-35-30-15-10-9-14-29(30)34-31(35)16-6-5-11-21-33-32(36)28-13-8-7-12-25(28)3/h7-10,12-15,17-20,24H,4-6,11,16,21-23H2,1-3H3,(H,33,36). The molecule has 0 aliphatic carbocycles. The lowest BCUT2D eigenvalue weighted by Crippen LogP contribution is -2.25. The molecule has 1 heterocycles. The van der Waals surface area contributed by atoms with Gasteiger partial charge in [-0.2, -0.15) is 0 Å². The molecule has 1 N–H and O–H groups in total. The van der Waals surface area contributed by atoms with Crippen LogP contribution < -0.4 is 10.1 Å². The van der Waals surface area contributed by atoms with E-state index in [-0.39, 0.29) is 5.91 Å². The van der Waals surface area contributed by atoms with Gasteiger partial charge >= 0.3 is 0 Å². The van der Waals surface area contributed by atoms with Gasteiger partial charge < -0.3 is 14.6 Å². The van der Waals surface area contributed by atoms with E-state index >= 15 is 0 Å². The zero-order valence-corrected chi connectivity index (χ0v) is 22.4. The molecule has 194 valence electrons. The predicted octanol–water partition coefficient (Wildman–Crippen LogP) is 7.08. The summed E-state index contributed by atoms with van der Waals surface area (Å²) in [7, 11) is 0. The van der Waals surface area contributed by atoms with Crippen LogP contribution in [0.15, 0.2) is 72.8 Å². The van der Waals surface area contributed by atoms with E-state index in [0.717, 1.165) is 72.4 Å². The van der Waals surface area contributed by atoms with Crippen molar-refractivity contribution in [3.05, 3.63) is 95.3 Å². The first kappa shape index (κ1) is 26.5. The Bertz CT molecular complexity index is 1290. The van der Waals surface area contributed by atoms with Crippen LogP contribution in [-0.4, -0.2) is 28.6 Å². The van der Waals surface area contributed by atoms with Crippen molar-refractivity contribution in [1.29, 1.82) is 0 Å². The van der Waals surface area contributed by atoms with Crippen molar-refractivity contribution in [2.24, 2.45) is 0 Å². The molecule has 1 amide bonds. The van der Waals surface area contributed by atoms with Gasteiger partial charge in [0.1, 0.15) is 18.2 Å². The molecule has 0 aliphatic rings. The number of unbranched alkanes of at least 4 members (excludes halogenated alkanes) is 2. The van der Waals surface area contributed by atoms with Gasteiger partial charge in [0, 0.05) is 18.5 Å². The van der Waals surface area contributed by atoms with E-state index in [1.54, 1.807) is 0 Å². The molecule has 1 atom stereocenters. The molecule has 0 saturated heterocycles. The largest absolute Gasteiger partial charge is 0.492 e. The first-order chi connectivity index (χ1) is 18.1. The number of benzene rings is 3. The number of hydrogen-bond donors (Lipinski definition) is 1. The summed E-state index contributed by atoms with van der Waals surface area (Å²) in [5, 5.41) is 3.05. The number of hydrogen-bond acceptors (Lipinski definition) is 3. The minimum Gasteiger partial charge on any atom is -0.492 e. The van der Waals surface area contributed by atoms with Gasteiger partial charge in [-0.3, -0.25) is 4.79 Å². The highest BCUT2D eigenvalue weighted by molar-refractivity contribution is 5.95. The fourth-order valence-corrected chi connectivity index (χ4v) is 4.66. The van der Waals surface area contributed by atoms with Gasteiger partial charge in [0.05, 0.1) is 17.6 Å². The maximum Gasteiger partial charge on any atom is 0.251 e. The SMILES string of the molecule is CCC(C)c1ccc(OCCn2c(CCCCCNC(=O)c3ccccc3C)nc3ccccc32)cc1. The Kier molecular flexibility index (Phi) is 9.36. The Balaban J connectivity index is 1.27. The van der Waals surface area contributed by atoms with Gasteiger partial charge in [-0.05, 0) is 73.6 Å². The number of fused-ring (bicyclic) bond motifs is 1. The summed E-state index contributed by atoms with van der Waals surface area (Å²) in [5.41, 5.74) is 5.29. The third-order valence-corrected chi connectivity index (χ3v) is 7.13. The zero-order chi connectivity index (χ0) is 26.0. The number of aryl methyl sites for hydroxylation is 2. The first-order valence-corrected chi connectivity index (χ1v) is 13.6. The van der Waals surface area contributed by atoms with Gasteiger partial charge in [0.25, 0.3) is 5.91 Å². The summed E-state index contributed by atoms with van der Waals surface area (Å²) in [4.78, 5) is 17.3. The molecule has 1 aromatic heterocycles. The maximum absolute atomic E-state index is 12.4. The van der Waals surface area contributed by atoms with E-state index in [9.17, 15) is 4.79 Å². The van der Waals surface area contributed by atoms with Crippen molar-refractivity contribution in [3.8, 4) is 5.75 Å². The number of para-hydroxylation sites is 2. The topological polar surface area (TPSA) is 56.1 Å². The average Bonchev–Trinajstić information content (AvgIpc) is 3.28. The summed E-state index contributed by atoms with van der Waals surface area (Å²) in [6, 6.07) is 24.5. The smallest absolute Gasteiger partial charge is 0.251 e. The van der Waals surface area contributed by atoms with Crippen LogP contribution in [-0.2, 0) is 13.0 Å². The number of rotatable bonds is 13. The van der Waals surface area contributed by atoms with E-state index in [4.69, 9.17) is 9.72 Å². The second-order valence-corrected chi connectivity index (χ2v) is 9.78. The lowest BCUT2D eigenvalue weighted by atomic mass is 9.99. The highest BCUT2D eigenvalue weighted by atomic mass is 16.5. The number of aromatic nitrogens is 2. The molecule has 0 saturated carbocycles. The fourth-order valence-electron chi connectivity index (χ4n) is 4.66. The molecule has 1 unspecified atom stereocenters. The maximum atomic E-state index is 12.4. The summed E-state index contributed by atoms with van der Waals surface area (Å²) in [5.74, 6) is 2.58. The van der Waals surface area contributed by atoms with Crippen molar-refractivity contribution in [3.63, 3.8) is 0 Å². The number of nitrogens with zero attached hydrogens (tertiary/aromatic N) is 2. The Morgan fingerprint density at radius 2 is 1.73 bits per heavy atom. The van der Waals surface area contributed by atoms with Gasteiger partial charge in [-0.1, -0.05) is 62.7 Å². The molecular weight excluding hydrogens is 458 g/mol. The predicted molar refractivity (Wildman–Crippen MR) is 151 cm³/mol. The molecule has 5 nitrogen and oxygen atoms in total. The molecule has 0 aliphatic heterocycles. The fraction of sp³-hybridized carbons (Fsp3) is 0.375. The highest BCUT2D eigenvalue weighted by Gasteiger charge is 2.11. The number of imidazole rings is 1. The molecule has 37 heavy (non-hydrogen) atoms. The van der Waals surface area contributed by atoms with E-state index in [1.807, 2.05) is 37.3 Å². The third-order valence-electron chi connectivity index (χ3n) is 7.13. The van der Waals surface area contributed by atoms with Crippen molar-refractivity contribution in [2.45, 2.75) is 65.3 Å². The Morgan fingerprint density at radius 1 is 0.973 bits per heavy atom. The highest BCUT2D eigenvalue weighted by Crippen LogP contribution is 2.22. The van der Waals surface area contributed by atoms with Gasteiger partial charge in [0.2, 0.25) is 0 Å². The molecule has 0 fully saturated rings. The van der Waals surface area contributed by atoms with E-state index in [0.29, 0.717) is 19.1 Å². The molecular formula is C32H39N3O2. The average molecular weight is 498 g/mol. The van der Waals surface area contributed by atoms with Crippen molar-refractivity contribution >= 4 is 16.9 Å². The van der Waals surface area contributed by atoms with Crippen LogP contribution in [0.3, 0.4) is 0 Å². The third kappa shape index (κ3) is 7.00. The Labute approximate surface area is 220 Å². The normalized spacial score (nSPS) is 12.0. The number of carbonyl (C=O) groups excluding carboxylic acids is 1. The second-order valence-electron chi connectivity index (χ2n) is 9.78. The van der Waals surface area contributed by atoms with E-state index in [1.165, 1.54) is 5.56 Å².